The maximum atomic E-state index is 12.6. The van der Waals surface area contributed by atoms with Gasteiger partial charge in [-0.1, -0.05) is 30.3 Å². The molecular formula is C20H21N5O4. The molecule has 150 valence electrons. The Morgan fingerprint density at radius 3 is 2.66 bits per heavy atom. The molecule has 0 spiro atoms. The number of pyridine rings is 1. The molecule has 0 fully saturated rings. The van der Waals surface area contributed by atoms with Crippen molar-refractivity contribution in [2.45, 2.75) is 12.6 Å². The fraction of sp³-hybridized carbons (Fsp3) is 0.200. The van der Waals surface area contributed by atoms with Crippen LogP contribution in [0.2, 0.25) is 0 Å². The van der Waals surface area contributed by atoms with E-state index in [2.05, 4.69) is 15.4 Å². The molecule has 0 aliphatic rings. The summed E-state index contributed by atoms with van der Waals surface area (Å²) in [6.07, 6.45) is 4.93. The van der Waals surface area contributed by atoms with Crippen molar-refractivity contribution in [2.75, 3.05) is 12.3 Å². The predicted molar refractivity (Wildman–Crippen MR) is 105 cm³/mol. The van der Waals surface area contributed by atoms with Crippen LogP contribution in [0.15, 0.2) is 55.0 Å². The number of esters is 1. The average Bonchev–Trinajstić information content (AvgIpc) is 3.17. The van der Waals surface area contributed by atoms with Crippen molar-refractivity contribution >= 4 is 17.7 Å². The smallest absolute Gasteiger partial charge is 0.331 e. The molecule has 0 saturated carbocycles. The summed E-state index contributed by atoms with van der Waals surface area (Å²) in [7, 11) is 1.77. The summed E-state index contributed by atoms with van der Waals surface area (Å²) in [5, 5.41) is 16.0. The molecule has 3 aromatic rings. The van der Waals surface area contributed by atoms with Crippen molar-refractivity contribution in [1.82, 2.24) is 20.1 Å². The quantitative estimate of drug-likeness (QED) is 0.506. The summed E-state index contributed by atoms with van der Waals surface area (Å²) in [6.45, 7) is -0.582. The van der Waals surface area contributed by atoms with E-state index in [4.69, 9.17) is 10.5 Å². The first-order chi connectivity index (χ1) is 14.0. The van der Waals surface area contributed by atoms with Gasteiger partial charge in [-0.2, -0.15) is 5.10 Å². The lowest BCUT2D eigenvalue weighted by Gasteiger charge is -2.16. The lowest BCUT2D eigenvalue weighted by molar-refractivity contribution is -0.148. The molecule has 29 heavy (non-hydrogen) atoms. The van der Waals surface area contributed by atoms with Crippen LogP contribution in [0.25, 0.3) is 11.1 Å². The molecule has 0 radical (unpaired) electrons. The highest BCUT2D eigenvalue weighted by molar-refractivity contribution is 6.01. The fourth-order valence-electron chi connectivity index (χ4n) is 2.63. The molecule has 9 heteroatoms. The fourth-order valence-corrected chi connectivity index (χ4v) is 2.63. The van der Waals surface area contributed by atoms with E-state index in [1.807, 2.05) is 18.2 Å². The Hall–Kier alpha value is -3.72. The molecule has 9 nitrogen and oxygen atoms in total. The summed E-state index contributed by atoms with van der Waals surface area (Å²) >= 11 is 0. The molecule has 0 unspecified atom stereocenters. The minimum atomic E-state index is -1.23. The third-order valence-corrected chi connectivity index (χ3v) is 4.20. The molecule has 1 atom stereocenters. The third kappa shape index (κ3) is 4.96. The zero-order chi connectivity index (χ0) is 20.8. The maximum Gasteiger partial charge on any atom is 0.331 e. The molecule has 1 amide bonds. The number of nitrogens with two attached hydrogens (primary N) is 1. The molecule has 0 aliphatic heterocycles. The first-order valence-corrected chi connectivity index (χ1v) is 8.84. The van der Waals surface area contributed by atoms with Crippen LogP contribution < -0.4 is 11.1 Å². The van der Waals surface area contributed by atoms with Gasteiger partial charge in [-0.3, -0.25) is 9.48 Å². The third-order valence-electron chi connectivity index (χ3n) is 4.20. The largest absolute Gasteiger partial charge is 0.459 e. The first-order valence-electron chi connectivity index (χ1n) is 8.84. The number of nitrogen functional groups attached to an aromatic ring is 1. The van der Waals surface area contributed by atoms with Crippen LogP contribution in [-0.2, 0) is 23.2 Å². The molecule has 4 N–H and O–H groups in total. The summed E-state index contributed by atoms with van der Waals surface area (Å²) in [5.41, 5.74) is 8.11. The number of nitrogens with one attached hydrogen (secondary N) is 1. The standard InChI is InChI=1S/C20H21N5O4/c1-25-10-15(9-23-25)14-7-16(18(21)22-8-14)19(27)24-17(11-26)20(28)29-12-13-5-3-2-4-6-13/h2-10,17,26H,11-12H2,1H3,(H2,21,22)(H,24,27)/t17-/m0/s1. The number of aromatic nitrogens is 3. The lowest BCUT2D eigenvalue weighted by Crippen LogP contribution is -2.44. The number of carbonyl (C=O) groups excluding carboxylic acids is 2. The van der Waals surface area contributed by atoms with Crippen molar-refractivity contribution < 1.29 is 19.4 Å². The second-order valence-electron chi connectivity index (χ2n) is 6.36. The zero-order valence-electron chi connectivity index (χ0n) is 15.8. The molecule has 2 heterocycles. The Balaban J connectivity index is 1.69. The highest BCUT2D eigenvalue weighted by atomic mass is 16.5. The summed E-state index contributed by atoms with van der Waals surface area (Å²) in [4.78, 5) is 28.9. The highest BCUT2D eigenvalue weighted by Crippen LogP contribution is 2.21. The van der Waals surface area contributed by atoms with Crippen molar-refractivity contribution in [3.8, 4) is 11.1 Å². The number of anilines is 1. The van der Waals surface area contributed by atoms with Gasteiger partial charge in [-0.15, -0.1) is 0 Å². The van der Waals surface area contributed by atoms with Gasteiger partial charge in [0, 0.05) is 30.6 Å². The maximum absolute atomic E-state index is 12.6. The van der Waals surface area contributed by atoms with Crippen molar-refractivity contribution in [3.05, 3.63) is 66.1 Å². The molecule has 0 saturated heterocycles. The van der Waals surface area contributed by atoms with Gasteiger partial charge in [-0.25, -0.2) is 9.78 Å². The van der Waals surface area contributed by atoms with E-state index in [-0.39, 0.29) is 18.0 Å². The minimum Gasteiger partial charge on any atom is -0.459 e. The molecule has 1 aromatic carbocycles. The molecular weight excluding hydrogens is 374 g/mol. The summed E-state index contributed by atoms with van der Waals surface area (Å²) in [6, 6.07) is 9.41. The Morgan fingerprint density at radius 1 is 1.24 bits per heavy atom. The SMILES string of the molecule is Cn1cc(-c2cnc(N)c(C(=O)N[C@@H](CO)C(=O)OCc3ccccc3)c2)cn1. The van der Waals surface area contributed by atoms with E-state index in [1.54, 1.807) is 42.3 Å². The zero-order valence-corrected chi connectivity index (χ0v) is 15.8. The first kappa shape index (κ1) is 20.0. The number of carbonyl (C=O) groups is 2. The van der Waals surface area contributed by atoms with E-state index in [0.717, 1.165) is 11.1 Å². The van der Waals surface area contributed by atoms with Gasteiger partial charge in [0.05, 0.1) is 18.4 Å². The Kier molecular flexibility index (Phi) is 6.20. The number of aryl methyl sites for hydroxylation is 1. The second-order valence-corrected chi connectivity index (χ2v) is 6.36. The van der Waals surface area contributed by atoms with E-state index in [9.17, 15) is 14.7 Å². The predicted octanol–water partition coefficient (Wildman–Crippen LogP) is 0.898. The van der Waals surface area contributed by atoms with Crippen LogP contribution in [0.1, 0.15) is 15.9 Å². The van der Waals surface area contributed by atoms with Gasteiger partial charge in [0.1, 0.15) is 12.4 Å². The van der Waals surface area contributed by atoms with Crippen molar-refractivity contribution in [1.29, 1.82) is 0 Å². The Bertz CT molecular complexity index is 1000. The number of hydrogen-bond acceptors (Lipinski definition) is 7. The van der Waals surface area contributed by atoms with Gasteiger partial charge in [0.2, 0.25) is 0 Å². The number of ether oxygens (including phenoxy) is 1. The van der Waals surface area contributed by atoms with Gasteiger partial charge in [-0.05, 0) is 11.6 Å². The van der Waals surface area contributed by atoms with Crippen LogP contribution in [0.5, 0.6) is 0 Å². The second kappa shape index (κ2) is 8.98. The molecule has 2 aromatic heterocycles. The van der Waals surface area contributed by atoms with Crippen molar-refractivity contribution in [2.24, 2.45) is 7.05 Å². The van der Waals surface area contributed by atoms with E-state index in [1.165, 1.54) is 6.20 Å². The van der Waals surface area contributed by atoms with Crippen LogP contribution in [-0.4, -0.2) is 44.4 Å². The number of nitrogens with zero attached hydrogens (tertiary/aromatic N) is 3. The molecule has 0 aliphatic carbocycles. The normalized spacial score (nSPS) is 11.7. The van der Waals surface area contributed by atoms with Crippen LogP contribution in [0, 0.1) is 0 Å². The number of aliphatic hydroxyl groups is 1. The number of benzene rings is 1. The minimum absolute atomic E-state index is 0.00415. The number of aliphatic hydroxyl groups excluding tert-OH is 1. The van der Waals surface area contributed by atoms with Gasteiger partial charge in [0.25, 0.3) is 5.91 Å². The highest BCUT2D eigenvalue weighted by Gasteiger charge is 2.24. The van der Waals surface area contributed by atoms with Gasteiger partial charge >= 0.3 is 5.97 Å². The molecule has 3 rings (SSSR count). The van der Waals surface area contributed by atoms with Gasteiger partial charge in [0.15, 0.2) is 6.04 Å². The lowest BCUT2D eigenvalue weighted by atomic mass is 10.1. The van der Waals surface area contributed by atoms with Crippen molar-refractivity contribution in [3.63, 3.8) is 0 Å². The van der Waals surface area contributed by atoms with Crippen LogP contribution in [0.3, 0.4) is 0 Å². The van der Waals surface area contributed by atoms with E-state index in [0.29, 0.717) is 5.56 Å². The average molecular weight is 395 g/mol. The van der Waals surface area contributed by atoms with E-state index >= 15 is 0 Å². The van der Waals surface area contributed by atoms with Crippen LogP contribution >= 0.6 is 0 Å². The summed E-state index contributed by atoms with van der Waals surface area (Å²) in [5.74, 6) is -1.39. The molecule has 0 bridgehead atoms. The Labute approximate surface area is 167 Å². The number of amides is 1. The topological polar surface area (TPSA) is 132 Å². The summed E-state index contributed by atoms with van der Waals surface area (Å²) < 4.78 is 6.79. The van der Waals surface area contributed by atoms with Crippen LogP contribution in [0.4, 0.5) is 5.82 Å². The Morgan fingerprint density at radius 2 is 2.00 bits per heavy atom. The monoisotopic (exact) mass is 395 g/mol. The number of hydrogen-bond donors (Lipinski definition) is 3. The van der Waals surface area contributed by atoms with Gasteiger partial charge < -0.3 is 20.9 Å². The van der Waals surface area contributed by atoms with E-state index < -0.39 is 24.5 Å². The number of rotatable bonds is 7.